The van der Waals surface area contributed by atoms with Gasteiger partial charge in [-0.2, -0.15) is 0 Å². The summed E-state index contributed by atoms with van der Waals surface area (Å²) in [5.74, 6) is -1.65. The number of nitrogens with zero attached hydrogens (tertiary/aromatic N) is 2. The molecular formula is C12H18N2O6. The SMILES string of the molecule is COC(=O)C1CCCN1C(=O)N1CC(O)CC1C(=O)O. The lowest BCUT2D eigenvalue weighted by molar-refractivity contribution is -0.145. The molecule has 0 bridgehead atoms. The van der Waals surface area contributed by atoms with Gasteiger partial charge in [0.1, 0.15) is 12.1 Å². The summed E-state index contributed by atoms with van der Waals surface area (Å²) in [4.78, 5) is 37.6. The van der Waals surface area contributed by atoms with Crippen LogP contribution in [0.15, 0.2) is 0 Å². The number of urea groups is 1. The fourth-order valence-corrected chi connectivity index (χ4v) is 2.80. The van der Waals surface area contributed by atoms with Crippen LogP contribution in [-0.4, -0.2) is 76.4 Å². The summed E-state index contributed by atoms with van der Waals surface area (Å²) in [6.45, 7) is 0.359. The van der Waals surface area contributed by atoms with Gasteiger partial charge >= 0.3 is 18.0 Å². The maximum absolute atomic E-state index is 12.4. The largest absolute Gasteiger partial charge is 0.480 e. The number of hydrogen-bond donors (Lipinski definition) is 2. The fourth-order valence-electron chi connectivity index (χ4n) is 2.80. The van der Waals surface area contributed by atoms with Crippen LogP contribution in [0.3, 0.4) is 0 Å². The molecule has 2 heterocycles. The van der Waals surface area contributed by atoms with E-state index in [1.54, 1.807) is 0 Å². The van der Waals surface area contributed by atoms with Crippen molar-refractivity contribution in [3.05, 3.63) is 0 Å². The summed E-state index contributed by atoms with van der Waals surface area (Å²) < 4.78 is 4.66. The molecule has 0 spiro atoms. The lowest BCUT2D eigenvalue weighted by Gasteiger charge is -2.30. The van der Waals surface area contributed by atoms with Crippen molar-refractivity contribution in [1.82, 2.24) is 9.80 Å². The summed E-state index contributed by atoms with van der Waals surface area (Å²) >= 11 is 0. The van der Waals surface area contributed by atoms with Crippen LogP contribution in [-0.2, 0) is 14.3 Å². The van der Waals surface area contributed by atoms with E-state index in [-0.39, 0.29) is 13.0 Å². The average molecular weight is 286 g/mol. The summed E-state index contributed by atoms with van der Waals surface area (Å²) in [6.07, 6.45) is 0.337. The predicted octanol–water partition coefficient (Wildman–Crippen LogP) is -0.736. The van der Waals surface area contributed by atoms with Crippen molar-refractivity contribution in [3.8, 4) is 0 Å². The number of carboxylic acids is 1. The summed E-state index contributed by atoms with van der Waals surface area (Å²) in [7, 11) is 1.25. The molecule has 2 fully saturated rings. The zero-order chi connectivity index (χ0) is 14.9. The van der Waals surface area contributed by atoms with Crippen molar-refractivity contribution in [3.63, 3.8) is 0 Å². The monoisotopic (exact) mass is 286 g/mol. The van der Waals surface area contributed by atoms with E-state index < -0.39 is 36.2 Å². The molecule has 2 aliphatic rings. The van der Waals surface area contributed by atoms with Crippen molar-refractivity contribution in [2.75, 3.05) is 20.2 Å². The molecule has 2 rings (SSSR count). The Labute approximate surface area is 115 Å². The van der Waals surface area contributed by atoms with Gasteiger partial charge in [0.25, 0.3) is 0 Å². The maximum Gasteiger partial charge on any atom is 0.328 e. The van der Waals surface area contributed by atoms with Gasteiger partial charge in [0, 0.05) is 19.5 Å². The molecular weight excluding hydrogens is 268 g/mol. The quantitative estimate of drug-likeness (QED) is 0.648. The number of methoxy groups -OCH3 is 1. The van der Waals surface area contributed by atoms with Gasteiger partial charge < -0.3 is 24.7 Å². The van der Waals surface area contributed by atoms with Gasteiger partial charge in [-0.1, -0.05) is 0 Å². The first kappa shape index (κ1) is 14.6. The van der Waals surface area contributed by atoms with Gasteiger partial charge in [-0.05, 0) is 12.8 Å². The molecule has 0 aliphatic carbocycles. The number of aliphatic hydroxyl groups is 1. The summed E-state index contributed by atoms with van der Waals surface area (Å²) in [6, 6.07) is -2.24. The molecule has 20 heavy (non-hydrogen) atoms. The molecule has 2 N–H and O–H groups in total. The molecule has 0 aromatic rings. The zero-order valence-electron chi connectivity index (χ0n) is 11.2. The maximum atomic E-state index is 12.4. The topological polar surface area (TPSA) is 107 Å². The van der Waals surface area contributed by atoms with Crippen molar-refractivity contribution in [2.45, 2.75) is 37.5 Å². The Bertz CT molecular complexity index is 426. The standard InChI is InChI=1S/C12H18N2O6/c1-20-11(18)8-3-2-4-13(8)12(19)14-6-7(15)5-9(14)10(16)17/h7-9,15H,2-6H2,1H3,(H,16,17). The molecule has 3 unspecified atom stereocenters. The first-order valence-electron chi connectivity index (χ1n) is 6.51. The van der Waals surface area contributed by atoms with Crippen LogP contribution in [0.5, 0.6) is 0 Å². The van der Waals surface area contributed by atoms with Crippen LogP contribution in [0.1, 0.15) is 19.3 Å². The number of ether oxygens (including phenoxy) is 1. The second-order valence-corrected chi connectivity index (χ2v) is 5.05. The molecule has 112 valence electrons. The molecule has 2 aliphatic heterocycles. The van der Waals surface area contributed by atoms with Gasteiger partial charge in [0.05, 0.1) is 13.2 Å². The number of hydrogen-bond acceptors (Lipinski definition) is 5. The van der Waals surface area contributed by atoms with Crippen molar-refractivity contribution in [2.24, 2.45) is 0 Å². The molecule has 2 saturated heterocycles. The molecule has 0 saturated carbocycles. The number of aliphatic hydroxyl groups excluding tert-OH is 1. The van der Waals surface area contributed by atoms with E-state index in [9.17, 15) is 19.5 Å². The number of likely N-dealkylation sites (tertiary alicyclic amines) is 2. The van der Waals surface area contributed by atoms with E-state index in [0.717, 1.165) is 4.90 Å². The van der Waals surface area contributed by atoms with E-state index >= 15 is 0 Å². The van der Waals surface area contributed by atoms with Gasteiger partial charge in [0.15, 0.2) is 0 Å². The van der Waals surface area contributed by atoms with Gasteiger partial charge in [0.2, 0.25) is 0 Å². The normalized spacial score (nSPS) is 29.6. The zero-order valence-corrected chi connectivity index (χ0v) is 11.2. The number of carbonyl (C=O) groups is 3. The van der Waals surface area contributed by atoms with Crippen LogP contribution in [0, 0.1) is 0 Å². The molecule has 0 aromatic carbocycles. The van der Waals surface area contributed by atoms with Crippen LogP contribution in [0.2, 0.25) is 0 Å². The number of β-amino-alcohol motifs (C(OH)–C–C–N with tert-alkyl or cyclic N) is 1. The Morgan fingerprint density at radius 1 is 1.20 bits per heavy atom. The molecule has 2 amide bonds. The molecule has 3 atom stereocenters. The lowest BCUT2D eigenvalue weighted by atomic mass is 10.2. The average Bonchev–Trinajstić information content (AvgIpc) is 3.03. The highest BCUT2D eigenvalue weighted by atomic mass is 16.5. The highest BCUT2D eigenvalue weighted by Gasteiger charge is 2.44. The number of amides is 2. The minimum absolute atomic E-state index is 0.0117. The number of carbonyl (C=O) groups excluding carboxylic acids is 2. The van der Waals surface area contributed by atoms with E-state index in [2.05, 4.69) is 4.74 Å². The van der Waals surface area contributed by atoms with Crippen molar-refractivity contribution in [1.29, 1.82) is 0 Å². The van der Waals surface area contributed by atoms with Gasteiger partial charge in [-0.15, -0.1) is 0 Å². The Balaban J connectivity index is 2.13. The Morgan fingerprint density at radius 3 is 2.50 bits per heavy atom. The minimum atomic E-state index is -1.15. The Kier molecular flexibility index (Phi) is 4.12. The Morgan fingerprint density at radius 2 is 1.90 bits per heavy atom. The van der Waals surface area contributed by atoms with E-state index in [4.69, 9.17) is 5.11 Å². The van der Waals surface area contributed by atoms with Crippen LogP contribution in [0.25, 0.3) is 0 Å². The van der Waals surface area contributed by atoms with Crippen LogP contribution >= 0.6 is 0 Å². The lowest BCUT2D eigenvalue weighted by Crippen LogP contribution is -2.51. The first-order chi connectivity index (χ1) is 9.45. The Hall–Kier alpha value is -1.83. The number of rotatable bonds is 2. The predicted molar refractivity (Wildman–Crippen MR) is 65.9 cm³/mol. The van der Waals surface area contributed by atoms with E-state index in [1.165, 1.54) is 12.0 Å². The fraction of sp³-hybridized carbons (Fsp3) is 0.750. The first-order valence-corrected chi connectivity index (χ1v) is 6.51. The highest BCUT2D eigenvalue weighted by molar-refractivity contribution is 5.87. The molecule has 8 nitrogen and oxygen atoms in total. The van der Waals surface area contributed by atoms with Crippen molar-refractivity contribution >= 4 is 18.0 Å². The van der Waals surface area contributed by atoms with Crippen LogP contribution < -0.4 is 0 Å². The third kappa shape index (κ3) is 2.55. The van der Waals surface area contributed by atoms with Gasteiger partial charge in [-0.3, -0.25) is 0 Å². The molecule has 0 radical (unpaired) electrons. The summed E-state index contributed by atoms with van der Waals surface area (Å²) in [5, 5.41) is 18.7. The number of carboxylic acid groups (broad SMARTS) is 1. The molecule has 0 aromatic heterocycles. The summed E-state index contributed by atoms with van der Waals surface area (Å²) in [5.41, 5.74) is 0. The van der Waals surface area contributed by atoms with E-state index in [0.29, 0.717) is 19.4 Å². The highest BCUT2D eigenvalue weighted by Crippen LogP contribution is 2.25. The smallest absolute Gasteiger partial charge is 0.328 e. The third-order valence-corrected chi connectivity index (χ3v) is 3.78. The second-order valence-electron chi connectivity index (χ2n) is 5.05. The minimum Gasteiger partial charge on any atom is -0.480 e. The molecule has 8 heteroatoms. The van der Waals surface area contributed by atoms with Crippen molar-refractivity contribution < 1.29 is 29.3 Å². The number of aliphatic carboxylic acids is 1. The second kappa shape index (κ2) is 5.66. The van der Waals surface area contributed by atoms with E-state index in [1.807, 2.05) is 0 Å². The number of esters is 1. The third-order valence-electron chi connectivity index (χ3n) is 3.78. The van der Waals surface area contributed by atoms with Crippen LogP contribution in [0.4, 0.5) is 4.79 Å². The van der Waals surface area contributed by atoms with Gasteiger partial charge in [-0.25, -0.2) is 14.4 Å².